The van der Waals surface area contributed by atoms with Gasteiger partial charge in [-0.3, -0.25) is 0 Å². The maximum Gasteiger partial charge on any atom is 0.108 e. The zero-order chi connectivity index (χ0) is 13.1. The van der Waals surface area contributed by atoms with Gasteiger partial charge in [0.05, 0.1) is 0 Å². The molecule has 1 atom stereocenters. The highest BCUT2D eigenvalue weighted by Crippen LogP contribution is 2.23. The molecule has 0 bridgehead atoms. The zero-order valence-corrected chi connectivity index (χ0v) is 11.4. The number of benzene rings is 1. The highest BCUT2D eigenvalue weighted by atomic mass is 15.0. The number of aryl methyl sites for hydroxylation is 4. The summed E-state index contributed by atoms with van der Waals surface area (Å²) in [6.07, 6.45) is 5.65. The van der Waals surface area contributed by atoms with Gasteiger partial charge in [0.2, 0.25) is 0 Å². The minimum atomic E-state index is 0.0860. The lowest BCUT2D eigenvalue weighted by Crippen LogP contribution is -2.15. The summed E-state index contributed by atoms with van der Waals surface area (Å²) >= 11 is 0. The van der Waals surface area contributed by atoms with E-state index in [4.69, 9.17) is 5.73 Å². The van der Waals surface area contributed by atoms with Crippen molar-refractivity contribution in [3.8, 4) is 0 Å². The van der Waals surface area contributed by atoms with Crippen molar-refractivity contribution in [3.63, 3.8) is 0 Å². The first-order valence-electron chi connectivity index (χ1n) is 6.37. The standard InChI is InChI=1S/C15H21N3/c1-11-5-4-6-12(2)15(11)13(16)7-8-14-17-9-10-18(14)3/h4-6,9-10,13H,7-8,16H2,1-3H3. The van der Waals surface area contributed by atoms with E-state index in [2.05, 4.69) is 41.6 Å². The molecular formula is C15H21N3. The molecule has 0 spiro atoms. The van der Waals surface area contributed by atoms with Crippen LogP contribution in [0.15, 0.2) is 30.6 Å². The zero-order valence-electron chi connectivity index (χ0n) is 11.4. The lowest BCUT2D eigenvalue weighted by Gasteiger charge is -2.17. The highest BCUT2D eigenvalue weighted by molar-refractivity contribution is 5.35. The van der Waals surface area contributed by atoms with Crippen molar-refractivity contribution in [2.24, 2.45) is 12.8 Å². The number of hydrogen-bond acceptors (Lipinski definition) is 2. The van der Waals surface area contributed by atoms with Gasteiger partial charge < -0.3 is 10.3 Å². The maximum absolute atomic E-state index is 6.33. The molecule has 96 valence electrons. The molecule has 3 nitrogen and oxygen atoms in total. The van der Waals surface area contributed by atoms with Gasteiger partial charge in [0.25, 0.3) is 0 Å². The fourth-order valence-electron chi connectivity index (χ4n) is 2.48. The van der Waals surface area contributed by atoms with E-state index in [1.54, 1.807) is 0 Å². The Morgan fingerprint density at radius 3 is 2.50 bits per heavy atom. The second kappa shape index (κ2) is 5.36. The number of aromatic nitrogens is 2. The molecule has 3 heteroatoms. The Labute approximate surface area is 109 Å². The highest BCUT2D eigenvalue weighted by Gasteiger charge is 2.12. The van der Waals surface area contributed by atoms with Crippen LogP contribution in [0.4, 0.5) is 0 Å². The maximum atomic E-state index is 6.33. The molecule has 1 aromatic heterocycles. The monoisotopic (exact) mass is 243 g/mol. The molecule has 0 saturated carbocycles. The number of nitrogens with two attached hydrogens (primary N) is 1. The molecule has 2 N–H and O–H groups in total. The number of imidazole rings is 1. The molecule has 1 aromatic carbocycles. The second-order valence-corrected chi connectivity index (χ2v) is 4.91. The van der Waals surface area contributed by atoms with Crippen molar-refractivity contribution in [2.75, 3.05) is 0 Å². The van der Waals surface area contributed by atoms with Crippen molar-refractivity contribution < 1.29 is 0 Å². The van der Waals surface area contributed by atoms with Crippen LogP contribution >= 0.6 is 0 Å². The largest absolute Gasteiger partial charge is 0.338 e. The molecular weight excluding hydrogens is 222 g/mol. The van der Waals surface area contributed by atoms with E-state index in [1.807, 2.05) is 19.4 Å². The van der Waals surface area contributed by atoms with Gasteiger partial charge in [-0.1, -0.05) is 18.2 Å². The lowest BCUT2D eigenvalue weighted by molar-refractivity contribution is 0.615. The van der Waals surface area contributed by atoms with Crippen LogP contribution in [0.1, 0.15) is 35.0 Å². The SMILES string of the molecule is Cc1cccc(C)c1C(N)CCc1nccn1C. The topological polar surface area (TPSA) is 43.8 Å². The molecule has 1 unspecified atom stereocenters. The normalized spacial score (nSPS) is 12.7. The molecule has 0 fully saturated rings. The van der Waals surface area contributed by atoms with Crippen molar-refractivity contribution >= 4 is 0 Å². The van der Waals surface area contributed by atoms with Gasteiger partial charge in [-0.2, -0.15) is 0 Å². The van der Waals surface area contributed by atoms with Crippen LogP contribution in [0.25, 0.3) is 0 Å². The molecule has 0 aliphatic heterocycles. The third kappa shape index (κ3) is 2.62. The predicted octanol–water partition coefficient (Wildman–Crippen LogP) is 2.67. The van der Waals surface area contributed by atoms with Gasteiger partial charge >= 0.3 is 0 Å². The molecule has 0 amide bonds. The number of nitrogens with zero attached hydrogens (tertiary/aromatic N) is 2. The first kappa shape index (κ1) is 12.8. The van der Waals surface area contributed by atoms with Crippen molar-refractivity contribution in [1.29, 1.82) is 0 Å². The first-order chi connectivity index (χ1) is 8.59. The van der Waals surface area contributed by atoms with Crippen molar-refractivity contribution in [3.05, 3.63) is 53.1 Å². The Bertz CT molecular complexity index is 508. The lowest BCUT2D eigenvalue weighted by atomic mass is 9.94. The van der Waals surface area contributed by atoms with Gasteiger partial charge in [-0.15, -0.1) is 0 Å². The van der Waals surface area contributed by atoms with E-state index in [0.717, 1.165) is 18.7 Å². The molecule has 0 radical (unpaired) electrons. The summed E-state index contributed by atoms with van der Waals surface area (Å²) in [4.78, 5) is 4.33. The van der Waals surface area contributed by atoms with E-state index >= 15 is 0 Å². The fourth-order valence-corrected chi connectivity index (χ4v) is 2.48. The van der Waals surface area contributed by atoms with Gasteiger partial charge in [0.1, 0.15) is 5.82 Å². The van der Waals surface area contributed by atoms with Crippen LogP contribution in [0, 0.1) is 13.8 Å². The van der Waals surface area contributed by atoms with Gasteiger partial charge in [0.15, 0.2) is 0 Å². The summed E-state index contributed by atoms with van der Waals surface area (Å²) in [5.41, 5.74) is 10.2. The van der Waals surface area contributed by atoms with Crippen LogP contribution in [0.2, 0.25) is 0 Å². The summed E-state index contributed by atoms with van der Waals surface area (Å²) < 4.78 is 2.05. The van der Waals surface area contributed by atoms with E-state index in [1.165, 1.54) is 16.7 Å². The molecule has 2 rings (SSSR count). The second-order valence-electron chi connectivity index (χ2n) is 4.91. The molecule has 0 aliphatic carbocycles. The first-order valence-corrected chi connectivity index (χ1v) is 6.37. The quantitative estimate of drug-likeness (QED) is 0.897. The summed E-state index contributed by atoms with van der Waals surface area (Å²) in [5, 5.41) is 0. The van der Waals surface area contributed by atoms with Gasteiger partial charge in [-0.25, -0.2) is 4.98 Å². The van der Waals surface area contributed by atoms with Crippen LogP contribution < -0.4 is 5.73 Å². The van der Waals surface area contributed by atoms with E-state index in [-0.39, 0.29) is 6.04 Å². The fraction of sp³-hybridized carbons (Fsp3) is 0.400. The Kier molecular flexibility index (Phi) is 3.82. The predicted molar refractivity (Wildman–Crippen MR) is 74.4 cm³/mol. The summed E-state index contributed by atoms with van der Waals surface area (Å²) in [6, 6.07) is 6.42. The van der Waals surface area contributed by atoms with E-state index in [0.29, 0.717) is 0 Å². The minimum absolute atomic E-state index is 0.0860. The van der Waals surface area contributed by atoms with Gasteiger partial charge in [-0.05, 0) is 37.0 Å². The summed E-state index contributed by atoms with van der Waals surface area (Å²) in [6.45, 7) is 4.26. The van der Waals surface area contributed by atoms with Crippen LogP contribution in [0.5, 0.6) is 0 Å². The Hall–Kier alpha value is -1.61. The Balaban J connectivity index is 2.08. The average Bonchev–Trinajstić information content (AvgIpc) is 2.72. The van der Waals surface area contributed by atoms with Crippen molar-refractivity contribution in [2.45, 2.75) is 32.7 Å². The van der Waals surface area contributed by atoms with E-state index in [9.17, 15) is 0 Å². The third-order valence-electron chi connectivity index (χ3n) is 3.51. The Morgan fingerprint density at radius 2 is 1.94 bits per heavy atom. The Morgan fingerprint density at radius 1 is 1.28 bits per heavy atom. The molecule has 18 heavy (non-hydrogen) atoms. The summed E-state index contributed by atoms with van der Waals surface area (Å²) in [5.74, 6) is 1.09. The smallest absolute Gasteiger partial charge is 0.108 e. The average molecular weight is 243 g/mol. The molecule has 0 saturated heterocycles. The third-order valence-corrected chi connectivity index (χ3v) is 3.51. The van der Waals surface area contributed by atoms with E-state index < -0.39 is 0 Å². The number of rotatable bonds is 4. The molecule has 0 aliphatic rings. The van der Waals surface area contributed by atoms with Gasteiger partial charge in [0, 0.05) is 31.9 Å². The minimum Gasteiger partial charge on any atom is -0.338 e. The van der Waals surface area contributed by atoms with Crippen molar-refractivity contribution in [1.82, 2.24) is 9.55 Å². The summed E-state index contributed by atoms with van der Waals surface area (Å²) in [7, 11) is 2.02. The van der Waals surface area contributed by atoms with Crippen LogP contribution in [-0.4, -0.2) is 9.55 Å². The van der Waals surface area contributed by atoms with Crippen LogP contribution in [-0.2, 0) is 13.5 Å². The molecule has 1 heterocycles. The van der Waals surface area contributed by atoms with Crippen LogP contribution in [0.3, 0.4) is 0 Å². The number of hydrogen-bond donors (Lipinski definition) is 1. The molecule has 2 aromatic rings.